The van der Waals surface area contributed by atoms with E-state index in [1.165, 1.54) is 12.5 Å². The molecule has 1 aromatic heterocycles. The highest BCUT2D eigenvalue weighted by Gasteiger charge is 2.23. The van der Waals surface area contributed by atoms with Gasteiger partial charge in [-0.25, -0.2) is 9.67 Å². The number of para-hydroxylation sites is 1. The molecule has 2 aromatic carbocycles. The average Bonchev–Trinajstić information content (AvgIpc) is 3.18. The van der Waals surface area contributed by atoms with E-state index in [9.17, 15) is 9.59 Å². The van der Waals surface area contributed by atoms with Crippen molar-refractivity contribution < 1.29 is 9.59 Å². The van der Waals surface area contributed by atoms with Gasteiger partial charge in [-0.05, 0) is 30.0 Å². The van der Waals surface area contributed by atoms with Crippen LogP contribution in [0.4, 0.5) is 5.69 Å². The van der Waals surface area contributed by atoms with Crippen molar-refractivity contribution in [2.24, 2.45) is 0 Å². The quantitative estimate of drug-likeness (QED) is 0.698. The second-order valence-electron chi connectivity index (χ2n) is 6.89. The standard InChI is InChI=1S/C22H21N5O2/c1-26-19-10-6-5-9-17(19)11-12-18(22(26)29)13-23-21(28)20-24-15-27(25-20)14-16-7-3-2-4-8-16/h2-10,13,15H,11-12,14H2,1H3,(H,23,28). The summed E-state index contributed by atoms with van der Waals surface area (Å²) in [6.07, 6.45) is 4.29. The minimum absolute atomic E-state index is 0.0653. The first-order chi connectivity index (χ1) is 14.1. The highest BCUT2D eigenvalue weighted by atomic mass is 16.2. The minimum atomic E-state index is -0.443. The molecule has 0 atom stereocenters. The number of fused-ring (bicyclic) bond motifs is 1. The van der Waals surface area contributed by atoms with Crippen LogP contribution in [-0.2, 0) is 17.8 Å². The third-order valence-corrected chi connectivity index (χ3v) is 4.90. The van der Waals surface area contributed by atoms with E-state index in [0.29, 0.717) is 18.5 Å². The Morgan fingerprint density at radius 2 is 1.86 bits per heavy atom. The summed E-state index contributed by atoms with van der Waals surface area (Å²) in [5.41, 5.74) is 3.62. The van der Waals surface area contributed by atoms with Gasteiger partial charge < -0.3 is 10.2 Å². The molecular formula is C22H21N5O2. The van der Waals surface area contributed by atoms with Gasteiger partial charge in [-0.2, -0.15) is 0 Å². The number of likely N-dealkylation sites (N-methyl/N-ethyl adjacent to an activating group) is 1. The number of amides is 2. The maximum atomic E-state index is 12.7. The molecule has 1 aliphatic heterocycles. The zero-order valence-corrected chi connectivity index (χ0v) is 16.1. The van der Waals surface area contributed by atoms with Gasteiger partial charge in [0.05, 0.1) is 6.54 Å². The summed E-state index contributed by atoms with van der Waals surface area (Å²) in [6, 6.07) is 17.6. The summed E-state index contributed by atoms with van der Waals surface area (Å²) >= 11 is 0. The second kappa shape index (κ2) is 8.10. The Kier molecular flexibility index (Phi) is 5.20. The van der Waals surface area contributed by atoms with Crippen LogP contribution in [0.5, 0.6) is 0 Å². The molecule has 0 unspecified atom stereocenters. The van der Waals surface area contributed by atoms with Crippen LogP contribution >= 0.6 is 0 Å². The van der Waals surface area contributed by atoms with Gasteiger partial charge in [0.2, 0.25) is 5.82 Å². The monoisotopic (exact) mass is 387 g/mol. The molecule has 0 fully saturated rings. The molecule has 29 heavy (non-hydrogen) atoms. The molecule has 1 aliphatic rings. The highest BCUT2D eigenvalue weighted by molar-refractivity contribution is 6.06. The van der Waals surface area contributed by atoms with E-state index in [4.69, 9.17) is 0 Å². The molecule has 0 spiro atoms. The Morgan fingerprint density at radius 3 is 2.69 bits per heavy atom. The predicted octanol–water partition coefficient (Wildman–Crippen LogP) is 2.55. The van der Waals surface area contributed by atoms with E-state index in [1.807, 2.05) is 54.6 Å². The predicted molar refractivity (Wildman–Crippen MR) is 109 cm³/mol. The zero-order chi connectivity index (χ0) is 20.2. The molecule has 7 nitrogen and oxygen atoms in total. The molecule has 3 aromatic rings. The molecular weight excluding hydrogens is 366 g/mol. The molecule has 2 amide bonds. The number of aromatic nitrogens is 3. The number of rotatable bonds is 4. The Labute approximate surface area is 168 Å². The van der Waals surface area contributed by atoms with Gasteiger partial charge in [0.15, 0.2) is 0 Å². The van der Waals surface area contributed by atoms with E-state index in [1.54, 1.807) is 16.6 Å². The van der Waals surface area contributed by atoms with Crippen molar-refractivity contribution in [3.63, 3.8) is 0 Å². The lowest BCUT2D eigenvalue weighted by molar-refractivity contribution is -0.114. The fraction of sp³-hybridized carbons (Fsp3) is 0.182. The van der Waals surface area contributed by atoms with E-state index in [0.717, 1.165) is 23.2 Å². The molecule has 0 saturated carbocycles. The van der Waals surface area contributed by atoms with E-state index < -0.39 is 5.91 Å². The normalized spacial score (nSPS) is 15.1. The fourth-order valence-corrected chi connectivity index (χ4v) is 3.35. The van der Waals surface area contributed by atoms with Gasteiger partial charge in [0, 0.05) is 24.5 Å². The third kappa shape index (κ3) is 4.08. The first kappa shape index (κ1) is 18.6. The van der Waals surface area contributed by atoms with Crippen molar-refractivity contribution in [1.82, 2.24) is 20.1 Å². The number of nitrogens with zero attached hydrogens (tertiary/aromatic N) is 4. The summed E-state index contributed by atoms with van der Waals surface area (Å²) < 4.78 is 1.61. The van der Waals surface area contributed by atoms with Gasteiger partial charge in [-0.1, -0.05) is 48.5 Å². The summed E-state index contributed by atoms with van der Waals surface area (Å²) in [4.78, 5) is 30.9. The number of nitrogens with one attached hydrogen (secondary N) is 1. The number of carbonyl (C=O) groups excluding carboxylic acids is 2. The van der Waals surface area contributed by atoms with Crippen molar-refractivity contribution in [2.75, 3.05) is 11.9 Å². The molecule has 7 heteroatoms. The largest absolute Gasteiger partial charge is 0.325 e. The maximum Gasteiger partial charge on any atom is 0.294 e. The average molecular weight is 387 g/mol. The molecule has 4 rings (SSSR count). The van der Waals surface area contributed by atoms with Crippen LogP contribution in [0.15, 0.2) is 72.7 Å². The van der Waals surface area contributed by atoms with Gasteiger partial charge in [-0.3, -0.25) is 9.59 Å². The Bertz CT molecular complexity index is 1070. The van der Waals surface area contributed by atoms with Gasteiger partial charge in [-0.15, -0.1) is 5.10 Å². The summed E-state index contributed by atoms with van der Waals surface area (Å²) in [7, 11) is 1.74. The number of benzene rings is 2. The number of hydrogen-bond donors (Lipinski definition) is 1. The highest BCUT2D eigenvalue weighted by Crippen LogP contribution is 2.27. The van der Waals surface area contributed by atoms with Crippen LogP contribution in [-0.4, -0.2) is 33.6 Å². The molecule has 0 saturated heterocycles. The van der Waals surface area contributed by atoms with Crippen LogP contribution in [0.1, 0.15) is 28.2 Å². The van der Waals surface area contributed by atoms with E-state index in [2.05, 4.69) is 15.4 Å². The lowest BCUT2D eigenvalue weighted by Crippen LogP contribution is -2.28. The van der Waals surface area contributed by atoms with Crippen molar-refractivity contribution in [3.05, 3.63) is 89.6 Å². The number of aryl methyl sites for hydroxylation is 1. The van der Waals surface area contributed by atoms with Gasteiger partial charge in [0.25, 0.3) is 11.8 Å². The summed E-state index contributed by atoms with van der Waals surface area (Å²) in [5.74, 6) is -0.505. The van der Waals surface area contributed by atoms with Crippen LogP contribution in [0.2, 0.25) is 0 Å². The first-order valence-corrected chi connectivity index (χ1v) is 9.41. The Morgan fingerprint density at radius 1 is 1.10 bits per heavy atom. The van der Waals surface area contributed by atoms with Crippen molar-refractivity contribution >= 4 is 17.5 Å². The topological polar surface area (TPSA) is 80.1 Å². The lowest BCUT2D eigenvalue weighted by atomic mass is 10.1. The molecule has 0 radical (unpaired) electrons. The number of carbonyl (C=O) groups is 2. The first-order valence-electron chi connectivity index (χ1n) is 9.41. The lowest BCUT2D eigenvalue weighted by Gasteiger charge is -2.17. The number of hydrogen-bond acceptors (Lipinski definition) is 4. The van der Waals surface area contributed by atoms with Crippen LogP contribution in [0, 0.1) is 0 Å². The van der Waals surface area contributed by atoms with E-state index in [-0.39, 0.29) is 11.7 Å². The fourth-order valence-electron chi connectivity index (χ4n) is 3.35. The van der Waals surface area contributed by atoms with Crippen molar-refractivity contribution in [3.8, 4) is 0 Å². The molecule has 1 N–H and O–H groups in total. The van der Waals surface area contributed by atoms with Crippen molar-refractivity contribution in [2.45, 2.75) is 19.4 Å². The van der Waals surface area contributed by atoms with Crippen LogP contribution in [0.3, 0.4) is 0 Å². The molecule has 0 aliphatic carbocycles. The molecule has 0 bridgehead atoms. The van der Waals surface area contributed by atoms with Gasteiger partial charge >= 0.3 is 0 Å². The van der Waals surface area contributed by atoms with Crippen LogP contribution < -0.4 is 10.2 Å². The SMILES string of the molecule is CN1C(=O)C(=CNC(=O)c2ncn(Cc3ccccc3)n2)CCc2ccccc21. The Hall–Kier alpha value is -3.74. The zero-order valence-electron chi connectivity index (χ0n) is 16.1. The smallest absolute Gasteiger partial charge is 0.294 e. The molecule has 146 valence electrons. The minimum Gasteiger partial charge on any atom is -0.325 e. The Balaban J connectivity index is 1.44. The van der Waals surface area contributed by atoms with Crippen LogP contribution in [0.25, 0.3) is 0 Å². The third-order valence-electron chi connectivity index (χ3n) is 4.90. The van der Waals surface area contributed by atoms with E-state index >= 15 is 0 Å². The second-order valence-corrected chi connectivity index (χ2v) is 6.89. The number of anilines is 1. The molecule has 2 heterocycles. The van der Waals surface area contributed by atoms with Gasteiger partial charge in [0.1, 0.15) is 6.33 Å². The summed E-state index contributed by atoms with van der Waals surface area (Å²) in [5, 5.41) is 6.89. The van der Waals surface area contributed by atoms with Crippen molar-refractivity contribution in [1.29, 1.82) is 0 Å². The maximum absolute atomic E-state index is 12.7. The summed E-state index contributed by atoms with van der Waals surface area (Å²) in [6.45, 7) is 0.531.